The van der Waals surface area contributed by atoms with Crippen LogP contribution in [-0.4, -0.2) is 49.7 Å². The second-order valence-electron chi connectivity index (χ2n) is 7.39. The molecule has 0 bridgehead atoms. The van der Waals surface area contributed by atoms with E-state index < -0.39 is 10.0 Å². The van der Waals surface area contributed by atoms with E-state index >= 15 is 0 Å². The van der Waals surface area contributed by atoms with Crippen molar-refractivity contribution in [1.29, 1.82) is 0 Å². The number of sulfonamides is 1. The van der Waals surface area contributed by atoms with Crippen molar-refractivity contribution in [1.82, 2.24) is 9.21 Å². The average Bonchev–Trinajstić information content (AvgIpc) is 2.89. The van der Waals surface area contributed by atoms with Crippen LogP contribution in [-0.2, 0) is 27.8 Å². The first kappa shape index (κ1) is 19.1. The topological polar surface area (TPSA) is 69.7 Å². The standard InChI is InChI=1S/C21H25N3O3S/c25-21-8-4-7-18-15-19(9-10-20(18)22-21)28(26,27)24-13-11-23(12-14-24)16-17-5-2-1-3-6-17/h1-3,5-6,9-10,15H,4,7-8,11-14,16H2,(H,22,25). The van der Waals surface area contributed by atoms with Gasteiger partial charge >= 0.3 is 0 Å². The van der Waals surface area contributed by atoms with Crippen molar-refractivity contribution in [2.75, 3.05) is 31.5 Å². The Morgan fingerprint density at radius 1 is 0.929 bits per heavy atom. The normalized spacial score (nSPS) is 18.9. The summed E-state index contributed by atoms with van der Waals surface area (Å²) in [5, 5.41) is 2.86. The predicted octanol–water partition coefficient (Wildman–Crippen LogP) is 2.47. The second-order valence-corrected chi connectivity index (χ2v) is 9.32. The van der Waals surface area contributed by atoms with Crippen LogP contribution < -0.4 is 5.32 Å². The molecule has 0 radical (unpaired) electrons. The maximum absolute atomic E-state index is 13.1. The molecular formula is C21H25N3O3S. The molecule has 0 aromatic heterocycles. The summed E-state index contributed by atoms with van der Waals surface area (Å²) in [6, 6.07) is 15.3. The molecule has 28 heavy (non-hydrogen) atoms. The third-order valence-corrected chi connectivity index (χ3v) is 7.31. The molecule has 4 rings (SSSR count). The van der Waals surface area contributed by atoms with Gasteiger partial charge in [0, 0.05) is 44.8 Å². The summed E-state index contributed by atoms with van der Waals surface area (Å²) >= 11 is 0. The zero-order valence-electron chi connectivity index (χ0n) is 15.8. The van der Waals surface area contributed by atoms with Crippen LogP contribution in [0.3, 0.4) is 0 Å². The highest BCUT2D eigenvalue weighted by Gasteiger charge is 2.29. The third-order valence-electron chi connectivity index (χ3n) is 5.42. The van der Waals surface area contributed by atoms with Crippen molar-refractivity contribution < 1.29 is 13.2 Å². The lowest BCUT2D eigenvalue weighted by Crippen LogP contribution is -2.48. The zero-order chi connectivity index (χ0) is 19.6. The minimum absolute atomic E-state index is 0.0103. The van der Waals surface area contributed by atoms with E-state index in [1.54, 1.807) is 22.5 Å². The molecule has 2 heterocycles. The Labute approximate surface area is 166 Å². The van der Waals surface area contributed by atoms with Gasteiger partial charge in [-0.25, -0.2) is 8.42 Å². The number of aryl methyl sites for hydroxylation is 1. The van der Waals surface area contributed by atoms with Gasteiger partial charge in [-0.15, -0.1) is 0 Å². The highest BCUT2D eigenvalue weighted by atomic mass is 32.2. The van der Waals surface area contributed by atoms with E-state index in [2.05, 4.69) is 22.3 Å². The molecule has 1 saturated heterocycles. The highest BCUT2D eigenvalue weighted by Crippen LogP contribution is 2.27. The largest absolute Gasteiger partial charge is 0.326 e. The summed E-state index contributed by atoms with van der Waals surface area (Å²) in [6.07, 6.45) is 1.92. The van der Waals surface area contributed by atoms with Gasteiger partial charge in [0.05, 0.1) is 4.90 Å². The SMILES string of the molecule is O=C1CCCc2cc(S(=O)(=O)N3CCN(Cc4ccccc4)CC3)ccc2N1. The predicted molar refractivity (Wildman–Crippen MR) is 108 cm³/mol. The maximum atomic E-state index is 13.1. The molecule has 0 saturated carbocycles. The number of rotatable bonds is 4. The van der Waals surface area contributed by atoms with Crippen molar-refractivity contribution >= 4 is 21.6 Å². The lowest BCUT2D eigenvalue weighted by molar-refractivity contribution is -0.116. The van der Waals surface area contributed by atoms with Crippen LogP contribution in [0.15, 0.2) is 53.4 Å². The highest BCUT2D eigenvalue weighted by molar-refractivity contribution is 7.89. The Balaban J connectivity index is 1.44. The van der Waals surface area contributed by atoms with E-state index in [1.165, 1.54) is 5.56 Å². The van der Waals surface area contributed by atoms with Gasteiger partial charge in [-0.2, -0.15) is 4.31 Å². The van der Waals surface area contributed by atoms with E-state index in [0.717, 1.165) is 37.3 Å². The number of hydrogen-bond donors (Lipinski definition) is 1. The Bertz CT molecular complexity index is 952. The number of benzene rings is 2. The van der Waals surface area contributed by atoms with Gasteiger partial charge in [-0.3, -0.25) is 9.69 Å². The number of carbonyl (C=O) groups is 1. The fourth-order valence-electron chi connectivity index (χ4n) is 3.83. The van der Waals surface area contributed by atoms with Crippen LogP contribution in [0.2, 0.25) is 0 Å². The Morgan fingerprint density at radius 3 is 2.43 bits per heavy atom. The number of hydrogen-bond acceptors (Lipinski definition) is 4. The molecule has 2 aliphatic rings. The van der Waals surface area contributed by atoms with E-state index in [9.17, 15) is 13.2 Å². The third kappa shape index (κ3) is 4.11. The number of fused-ring (bicyclic) bond motifs is 1. The monoisotopic (exact) mass is 399 g/mol. The van der Waals surface area contributed by atoms with Gasteiger partial charge in [0.25, 0.3) is 0 Å². The van der Waals surface area contributed by atoms with Crippen molar-refractivity contribution in [3.63, 3.8) is 0 Å². The lowest BCUT2D eigenvalue weighted by Gasteiger charge is -2.34. The Morgan fingerprint density at radius 2 is 1.68 bits per heavy atom. The number of carbonyl (C=O) groups excluding carboxylic acids is 1. The van der Waals surface area contributed by atoms with E-state index in [-0.39, 0.29) is 5.91 Å². The minimum Gasteiger partial charge on any atom is -0.326 e. The van der Waals surface area contributed by atoms with Crippen LogP contribution in [0.4, 0.5) is 5.69 Å². The maximum Gasteiger partial charge on any atom is 0.243 e. The lowest BCUT2D eigenvalue weighted by atomic mass is 10.1. The molecule has 6 nitrogen and oxygen atoms in total. The summed E-state index contributed by atoms with van der Waals surface area (Å²) in [7, 11) is -3.52. The number of nitrogens with zero attached hydrogens (tertiary/aromatic N) is 2. The quantitative estimate of drug-likeness (QED) is 0.858. The van der Waals surface area contributed by atoms with Gasteiger partial charge < -0.3 is 5.32 Å². The molecule has 0 spiro atoms. The van der Waals surface area contributed by atoms with Crippen LogP contribution in [0.5, 0.6) is 0 Å². The van der Waals surface area contributed by atoms with Crippen molar-refractivity contribution in [2.24, 2.45) is 0 Å². The molecule has 7 heteroatoms. The van der Waals surface area contributed by atoms with Gasteiger partial charge in [-0.1, -0.05) is 30.3 Å². The Kier molecular flexibility index (Phi) is 5.48. The molecule has 0 aliphatic carbocycles. The molecule has 0 unspecified atom stereocenters. The van der Waals surface area contributed by atoms with Crippen LogP contribution in [0.1, 0.15) is 24.0 Å². The van der Waals surface area contributed by atoms with Gasteiger partial charge in [0.15, 0.2) is 0 Å². The fraction of sp³-hybridized carbons (Fsp3) is 0.381. The minimum atomic E-state index is -3.52. The molecule has 2 aromatic rings. The second kappa shape index (κ2) is 8.03. The fourth-order valence-corrected chi connectivity index (χ4v) is 5.30. The zero-order valence-corrected chi connectivity index (χ0v) is 16.6. The molecular weight excluding hydrogens is 374 g/mol. The Hall–Kier alpha value is -2.22. The van der Waals surface area contributed by atoms with Gasteiger partial charge in [0.1, 0.15) is 0 Å². The van der Waals surface area contributed by atoms with E-state index in [0.29, 0.717) is 30.8 Å². The summed E-state index contributed by atoms with van der Waals surface area (Å²) in [6.45, 7) is 3.25. The number of amides is 1. The molecule has 2 aliphatic heterocycles. The molecule has 0 atom stereocenters. The molecule has 1 fully saturated rings. The summed E-state index contributed by atoms with van der Waals surface area (Å²) in [5.41, 5.74) is 2.87. The molecule has 1 amide bonds. The summed E-state index contributed by atoms with van der Waals surface area (Å²) < 4.78 is 27.8. The molecule has 148 valence electrons. The van der Waals surface area contributed by atoms with Gasteiger partial charge in [-0.05, 0) is 42.2 Å². The average molecular weight is 400 g/mol. The first-order valence-electron chi connectivity index (χ1n) is 9.71. The first-order valence-corrected chi connectivity index (χ1v) is 11.2. The van der Waals surface area contributed by atoms with Crippen molar-refractivity contribution in [2.45, 2.75) is 30.7 Å². The number of anilines is 1. The van der Waals surface area contributed by atoms with Crippen molar-refractivity contribution in [3.05, 3.63) is 59.7 Å². The van der Waals surface area contributed by atoms with Crippen LogP contribution >= 0.6 is 0 Å². The van der Waals surface area contributed by atoms with E-state index in [4.69, 9.17) is 0 Å². The molecule has 1 N–H and O–H groups in total. The number of piperazine rings is 1. The van der Waals surface area contributed by atoms with Crippen LogP contribution in [0.25, 0.3) is 0 Å². The van der Waals surface area contributed by atoms with Gasteiger partial charge in [0.2, 0.25) is 15.9 Å². The van der Waals surface area contributed by atoms with E-state index in [1.807, 2.05) is 18.2 Å². The summed E-state index contributed by atoms with van der Waals surface area (Å²) in [4.78, 5) is 14.3. The van der Waals surface area contributed by atoms with Crippen LogP contribution in [0, 0.1) is 0 Å². The summed E-state index contributed by atoms with van der Waals surface area (Å²) in [5.74, 6) is -0.0103. The molecule has 2 aromatic carbocycles. The first-order chi connectivity index (χ1) is 13.5. The smallest absolute Gasteiger partial charge is 0.243 e. The van der Waals surface area contributed by atoms with Crippen molar-refractivity contribution in [3.8, 4) is 0 Å². The number of nitrogens with one attached hydrogen (secondary N) is 1.